The molecular weight excluding hydrogens is 206 g/mol. The minimum atomic E-state index is 0.106. The normalized spacial score (nSPS) is 25.9. The maximum Gasteiger partial charge on any atom is 0.227 e. The van der Waals surface area contributed by atoms with Crippen LogP contribution in [0.25, 0.3) is 0 Å². The summed E-state index contributed by atoms with van der Waals surface area (Å²) in [6.07, 6.45) is 0.950. The van der Waals surface area contributed by atoms with Crippen LogP contribution in [0.15, 0.2) is 0 Å². The van der Waals surface area contributed by atoms with Gasteiger partial charge in [-0.25, -0.2) is 0 Å². The van der Waals surface area contributed by atoms with Crippen molar-refractivity contribution < 1.29 is 9.59 Å². The van der Waals surface area contributed by atoms with Crippen molar-refractivity contribution in [1.82, 2.24) is 15.1 Å². The van der Waals surface area contributed by atoms with Crippen molar-refractivity contribution in [2.24, 2.45) is 5.92 Å². The third kappa shape index (κ3) is 2.35. The predicted molar refractivity (Wildman–Crippen MR) is 59.8 cm³/mol. The van der Waals surface area contributed by atoms with Gasteiger partial charge in [-0.05, 0) is 13.0 Å². The molecule has 0 aromatic heterocycles. The molecule has 1 atom stereocenters. The second-order valence-corrected chi connectivity index (χ2v) is 4.52. The largest absolute Gasteiger partial charge is 0.339 e. The number of hydrogen-bond donors (Lipinski definition) is 1. The quantitative estimate of drug-likeness (QED) is 0.641. The molecule has 16 heavy (non-hydrogen) atoms. The molecule has 2 saturated heterocycles. The van der Waals surface area contributed by atoms with Crippen LogP contribution in [-0.2, 0) is 9.59 Å². The molecule has 0 bridgehead atoms. The second-order valence-electron chi connectivity index (χ2n) is 4.52. The molecular formula is C11H19N3O2. The maximum atomic E-state index is 12.1. The molecule has 0 unspecified atom stereocenters. The lowest BCUT2D eigenvalue weighted by atomic mass is 10.1. The molecule has 2 fully saturated rings. The van der Waals surface area contributed by atoms with Crippen molar-refractivity contribution >= 4 is 11.8 Å². The lowest BCUT2D eigenvalue weighted by Gasteiger charge is -2.35. The Bertz CT molecular complexity index is 279. The molecule has 0 aliphatic carbocycles. The average molecular weight is 225 g/mol. The lowest BCUT2D eigenvalue weighted by Crippen LogP contribution is -2.51. The number of hydrogen-bond acceptors (Lipinski definition) is 3. The zero-order valence-corrected chi connectivity index (χ0v) is 9.74. The zero-order chi connectivity index (χ0) is 11.5. The summed E-state index contributed by atoms with van der Waals surface area (Å²) in [5, 5.41) is 3.21. The lowest BCUT2D eigenvalue weighted by molar-refractivity contribution is -0.140. The van der Waals surface area contributed by atoms with E-state index in [-0.39, 0.29) is 17.7 Å². The minimum Gasteiger partial charge on any atom is -0.339 e. The van der Waals surface area contributed by atoms with Crippen molar-refractivity contribution in [3.8, 4) is 0 Å². The van der Waals surface area contributed by atoms with Crippen LogP contribution in [0.5, 0.6) is 0 Å². The van der Waals surface area contributed by atoms with Gasteiger partial charge in [-0.1, -0.05) is 0 Å². The van der Waals surface area contributed by atoms with E-state index in [1.54, 1.807) is 11.8 Å². The highest BCUT2D eigenvalue weighted by atomic mass is 16.2. The third-order valence-corrected chi connectivity index (χ3v) is 3.45. The second kappa shape index (κ2) is 4.82. The van der Waals surface area contributed by atoms with Gasteiger partial charge in [0.2, 0.25) is 11.8 Å². The van der Waals surface area contributed by atoms with E-state index in [0.29, 0.717) is 26.2 Å². The molecule has 0 saturated carbocycles. The fourth-order valence-corrected chi connectivity index (χ4v) is 2.37. The fraction of sp³-hybridized carbons (Fsp3) is 0.818. The highest BCUT2D eigenvalue weighted by molar-refractivity contribution is 5.80. The Morgan fingerprint density at radius 3 is 2.25 bits per heavy atom. The molecule has 2 aliphatic rings. The van der Waals surface area contributed by atoms with Gasteiger partial charge in [0.05, 0.1) is 5.92 Å². The third-order valence-electron chi connectivity index (χ3n) is 3.45. The van der Waals surface area contributed by atoms with E-state index in [9.17, 15) is 9.59 Å². The Morgan fingerprint density at radius 2 is 1.75 bits per heavy atom. The molecule has 0 radical (unpaired) electrons. The van der Waals surface area contributed by atoms with E-state index in [4.69, 9.17) is 0 Å². The van der Waals surface area contributed by atoms with Crippen LogP contribution in [0, 0.1) is 5.92 Å². The first-order valence-electron chi connectivity index (χ1n) is 5.93. The summed E-state index contributed by atoms with van der Waals surface area (Å²) in [7, 11) is 0. The van der Waals surface area contributed by atoms with Crippen LogP contribution in [0.1, 0.15) is 13.3 Å². The summed E-state index contributed by atoms with van der Waals surface area (Å²) < 4.78 is 0. The summed E-state index contributed by atoms with van der Waals surface area (Å²) in [6.45, 7) is 6.08. The van der Waals surface area contributed by atoms with Crippen LogP contribution in [0.4, 0.5) is 0 Å². The molecule has 1 N–H and O–H groups in total. The van der Waals surface area contributed by atoms with Gasteiger partial charge in [0.15, 0.2) is 0 Å². The number of amides is 2. The number of nitrogens with one attached hydrogen (secondary N) is 1. The number of piperazine rings is 1. The van der Waals surface area contributed by atoms with Gasteiger partial charge in [-0.15, -0.1) is 0 Å². The van der Waals surface area contributed by atoms with Crippen molar-refractivity contribution in [3.05, 3.63) is 0 Å². The monoisotopic (exact) mass is 225 g/mol. The highest BCUT2D eigenvalue weighted by Crippen LogP contribution is 2.13. The van der Waals surface area contributed by atoms with E-state index in [0.717, 1.165) is 19.5 Å². The Hall–Kier alpha value is -1.10. The smallest absolute Gasteiger partial charge is 0.227 e. The molecule has 2 heterocycles. The number of nitrogens with zero attached hydrogens (tertiary/aromatic N) is 2. The molecule has 2 rings (SSSR count). The first-order valence-corrected chi connectivity index (χ1v) is 5.93. The molecule has 5 heteroatoms. The molecule has 90 valence electrons. The zero-order valence-electron chi connectivity index (χ0n) is 9.74. The Balaban J connectivity index is 1.84. The molecule has 2 amide bonds. The van der Waals surface area contributed by atoms with E-state index in [1.807, 2.05) is 4.90 Å². The van der Waals surface area contributed by atoms with Gasteiger partial charge in [-0.2, -0.15) is 0 Å². The predicted octanol–water partition coefficient (Wildman–Crippen LogP) is -0.713. The summed E-state index contributed by atoms with van der Waals surface area (Å²) in [5.41, 5.74) is 0. The fourth-order valence-electron chi connectivity index (χ4n) is 2.37. The molecule has 0 spiro atoms. The minimum absolute atomic E-state index is 0.106. The van der Waals surface area contributed by atoms with Gasteiger partial charge in [-0.3, -0.25) is 9.59 Å². The van der Waals surface area contributed by atoms with Crippen molar-refractivity contribution in [3.63, 3.8) is 0 Å². The number of rotatable bonds is 1. The number of carbonyl (C=O) groups is 2. The molecule has 0 aromatic carbocycles. The molecule has 2 aliphatic heterocycles. The summed E-state index contributed by atoms with van der Waals surface area (Å²) >= 11 is 0. The standard InChI is InChI=1S/C11H19N3O2/c1-9(15)13-4-6-14(7-5-13)11(16)10-2-3-12-8-10/h10,12H,2-8H2,1H3/t10-/m0/s1. The Labute approximate surface area is 95.8 Å². The van der Waals surface area contributed by atoms with E-state index < -0.39 is 0 Å². The summed E-state index contributed by atoms with van der Waals surface area (Å²) in [4.78, 5) is 26.9. The maximum absolute atomic E-state index is 12.1. The first kappa shape index (κ1) is 11.4. The van der Waals surface area contributed by atoms with Gasteiger partial charge in [0.1, 0.15) is 0 Å². The van der Waals surface area contributed by atoms with Gasteiger partial charge >= 0.3 is 0 Å². The first-order chi connectivity index (χ1) is 7.68. The van der Waals surface area contributed by atoms with Crippen molar-refractivity contribution in [1.29, 1.82) is 0 Å². The topological polar surface area (TPSA) is 52.7 Å². The van der Waals surface area contributed by atoms with Crippen LogP contribution in [0.3, 0.4) is 0 Å². The van der Waals surface area contributed by atoms with Gasteiger partial charge in [0, 0.05) is 39.6 Å². The Kier molecular flexibility index (Phi) is 3.43. The molecule has 5 nitrogen and oxygen atoms in total. The van der Waals surface area contributed by atoms with Crippen molar-refractivity contribution in [2.45, 2.75) is 13.3 Å². The van der Waals surface area contributed by atoms with E-state index in [2.05, 4.69) is 5.32 Å². The van der Waals surface area contributed by atoms with Crippen LogP contribution < -0.4 is 5.32 Å². The number of carbonyl (C=O) groups excluding carboxylic acids is 2. The molecule has 0 aromatic rings. The Morgan fingerprint density at radius 1 is 1.12 bits per heavy atom. The highest BCUT2D eigenvalue weighted by Gasteiger charge is 2.29. The summed E-state index contributed by atoms with van der Waals surface area (Å²) in [6, 6.07) is 0. The van der Waals surface area contributed by atoms with Crippen LogP contribution >= 0.6 is 0 Å². The van der Waals surface area contributed by atoms with Crippen molar-refractivity contribution in [2.75, 3.05) is 39.3 Å². The SMILES string of the molecule is CC(=O)N1CCN(C(=O)[C@H]2CCNC2)CC1. The average Bonchev–Trinajstić information content (AvgIpc) is 2.81. The van der Waals surface area contributed by atoms with Crippen LogP contribution in [0.2, 0.25) is 0 Å². The van der Waals surface area contributed by atoms with E-state index in [1.165, 1.54) is 0 Å². The van der Waals surface area contributed by atoms with Crippen LogP contribution in [-0.4, -0.2) is 60.9 Å². The summed E-state index contributed by atoms with van der Waals surface area (Å²) in [5.74, 6) is 0.520. The van der Waals surface area contributed by atoms with Gasteiger partial charge < -0.3 is 15.1 Å². The van der Waals surface area contributed by atoms with Gasteiger partial charge in [0.25, 0.3) is 0 Å². The van der Waals surface area contributed by atoms with E-state index >= 15 is 0 Å².